The summed E-state index contributed by atoms with van der Waals surface area (Å²) < 4.78 is 0. The van der Waals surface area contributed by atoms with E-state index in [4.69, 9.17) is 0 Å². The largest absolute Gasteiger partial charge is 0.309 e. The molecule has 1 saturated heterocycles. The van der Waals surface area contributed by atoms with Gasteiger partial charge >= 0.3 is 0 Å². The smallest absolute Gasteiger partial charge is 0.0451 e. The predicted octanol–water partition coefficient (Wildman–Crippen LogP) is 4.97. The molecule has 3 heteroatoms. The van der Waals surface area contributed by atoms with Crippen molar-refractivity contribution >= 4 is 23.5 Å². The summed E-state index contributed by atoms with van der Waals surface area (Å²) in [6, 6.07) is 7.41. The maximum atomic E-state index is 3.82. The lowest BCUT2D eigenvalue weighted by Gasteiger charge is -2.37. The molecule has 1 N–H and O–H groups in total. The summed E-state index contributed by atoms with van der Waals surface area (Å²) in [5, 5.41) is 6.01. The molecule has 4 unspecified atom stereocenters. The van der Waals surface area contributed by atoms with Gasteiger partial charge < -0.3 is 5.32 Å². The van der Waals surface area contributed by atoms with Crippen LogP contribution in [0.15, 0.2) is 18.2 Å². The van der Waals surface area contributed by atoms with E-state index in [2.05, 4.69) is 81.7 Å². The van der Waals surface area contributed by atoms with E-state index in [1.807, 2.05) is 0 Å². The van der Waals surface area contributed by atoms with Gasteiger partial charge in [0.05, 0.1) is 0 Å². The second-order valence-corrected chi connectivity index (χ2v) is 9.24. The second-order valence-electron chi connectivity index (χ2n) is 6.21. The first kappa shape index (κ1) is 17.2. The van der Waals surface area contributed by atoms with Gasteiger partial charge in [-0.05, 0) is 37.9 Å². The summed E-state index contributed by atoms with van der Waals surface area (Å²) in [5.74, 6) is 1.25. The number of hydrogen-bond donors (Lipinski definition) is 1. The molecular formula is C18H29NS2. The van der Waals surface area contributed by atoms with Crippen molar-refractivity contribution in [2.45, 2.75) is 62.8 Å². The van der Waals surface area contributed by atoms with Crippen molar-refractivity contribution in [1.29, 1.82) is 0 Å². The number of hydrogen-bond acceptors (Lipinski definition) is 3. The minimum Gasteiger partial charge on any atom is -0.309 e. The van der Waals surface area contributed by atoms with Crippen molar-refractivity contribution in [2.24, 2.45) is 0 Å². The zero-order valence-corrected chi connectivity index (χ0v) is 15.6. The van der Waals surface area contributed by atoms with Gasteiger partial charge in [0.25, 0.3) is 0 Å². The van der Waals surface area contributed by atoms with E-state index in [1.165, 1.54) is 28.9 Å². The Bertz CT molecular complexity index is 461. The lowest BCUT2D eigenvalue weighted by molar-refractivity contribution is 0.525. The van der Waals surface area contributed by atoms with Crippen LogP contribution in [0.1, 0.15) is 49.9 Å². The molecule has 1 fully saturated rings. The minimum absolute atomic E-state index is 0.484. The van der Waals surface area contributed by atoms with Crippen molar-refractivity contribution in [3.63, 3.8) is 0 Å². The highest BCUT2D eigenvalue weighted by Crippen LogP contribution is 2.41. The van der Waals surface area contributed by atoms with E-state index >= 15 is 0 Å². The van der Waals surface area contributed by atoms with Gasteiger partial charge in [-0.15, -0.1) is 0 Å². The van der Waals surface area contributed by atoms with Gasteiger partial charge in [-0.3, -0.25) is 0 Å². The Labute approximate surface area is 139 Å². The average molecular weight is 324 g/mol. The number of benzene rings is 1. The molecule has 4 atom stereocenters. The van der Waals surface area contributed by atoms with E-state index in [9.17, 15) is 0 Å². The molecule has 21 heavy (non-hydrogen) atoms. The molecule has 118 valence electrons. The third-order valence-electron chi connectivity index (χ3n) is 4.32. The van der Waals surface area contributed by atoms with E-state index in [1.54, 1.807) is 0 Å². The predicted molar refractivity (Wildman–Crippen MR) is 99.7 cm³/mol. The van der Waals surface area contributed by atoms with Crippen molar-refractivity contribution < 1.29 is 0 Å². The van der Waals surface area contributed by atoms with Crippen molar-refractivity contribution in [2.75, 3.05) is 12.3 Å². The van der Waals surface area contributed by atoms with Gasteiger partial charge in [0.15, 0.2) is 0 Å². The van der Waals surface area contributed by atoms with Gasteiger partial charge in [0.1, 0.15) is 0 Å². The Morgan fingerprint density at radius 3 is 2.62 bits per heavy atom. The van der Waals surface area contributed by atoms with Crippen LogP contribution < -0.4 is 5.32 Å². The van der Waals surface area contributed by atoms with Crippen LogP contribution in [-0.2, 0) is 0 Å². The van der Waals surface area contributed by atoms with Crippen LogP contribution in [0, 0.1) is 13.8 Å². The maximum absolute atomic E-state index is 3.82. The molecule has 1 aromatic rings. The normalized spacial score (nSPS) is 27.6. The monoisotopic (exact) mass is 323 g/mol. The Morgan fingerprint density at radius 1 is 1.24 bits per heavy atom. The summed E-state index contributed by atoms with van der Waals surface area (Å²) in [6.45, 7) is 12.5. The van der Waals surface area contributed by atoms with Crippen molar-refractivity contribution in [1.82, 2.24) is 5.32 Å². The van der Waals surface area contributed by atoms with E-state index in [-0.39, 0.29) is 0 Å². The Morgan fingerprint density at radius 2 is 2.00 bits per heavy atom. The fraction of sp³-hybridized carbons (Fsp3) is 0.667. The molecular weight excluding hydrogens is 294 g/mol. The standard InChI is InChI=1S/C18H29NS2/c1-6-9-19-18(16-8-7-12(2)10-13(16)3)17-11-20-14(4)15(5)21-17/h7-8,10,14-15,17-19H,6,9,11H2,1-5H3. The average Bonchev–Trinajstić information content (AvgIpc) is 2.44. The van der Waals surface area contributed by atoms with Gasteiger partial charge in [-0.1, -0.05) is 44.5 Å². The van der Waals surface area contributed by atoms with Gasteiger partial charge in [0.2, 0.25) is 0 Å². The fourth-order valence-corrected chi connectivity index (χ4v) is 6.01. The van der Waals surface area contributed by atoms with Gasteiger partial charge in [-0.2, -0.15) is 23.5 Å². The molecule has 0 saturated carbocycles. The zero-order chi connectivity index (χ0) is 15.4. The molecule has 1 aromatic carbocycles. The third kappa shape index (κ3) is 4.43. The van der Waals surface area contributed by atoms with Crippen LogP contribution in [0.2, 0.25) is 0 Å². The quantitative estimate of drug-likeness (QED) is 0.821. The van der Waals surface area contributed by atoms with Crippen LogP contribution in [0.3, 0.4) is 0 Å². The Kier molecular flexibility index (Phi) is 6.51. The minimum atomic E-state index is 0.484. The topological polar surface area (TPSA) is 12.0 Å². The van der Waals surface area contributed by atoms with Gasteiger partial charge in [-0.25, -0.2) is 0 Å². The lowest BCUT2D eigenvalue weighted by atomic mass is 9.97. The fourth-order valence-electron chi connectivity index (χ4n) is 2.90. The number of aryl methyl sites for hydroxylation is 2. The molecule has 0 aromatic heterocycles. The molecule has 1 nitrogen and oxygen atoms in total. The van der Waals surface area contributed by atoms with E-state index < -0.39 is 0 Å². The summed E-state index contributed by atoms with van der Waals surface area (Å²) in [5.41, 5.74) is 4.28. The summed E-state index contributed by atoms with van der Waals surface area (Å²) in [7, 11) is 0. The Hall–Kier alpha value is -0.120. The van der Waals surface area contributed by atoms with Crippen molar-refractivity contribution in [3.05, 3.63) is 34.9 Å². The number of nitrogens with one attached hydrogen (secondary N) is 1. The molecule has 2 rings (SSSR count). The number of thioether (sulfide) groups is 2. The molecule has 0 aliphatic carbocycles. The second kappa shape index (κ2) is 7.94. The summed E-state index contributed by atoms with van der Waals surface area (Å²) >= 11 is 4.32. The third-order valence-corrected chi connectivity index (χ3v) is 7.82. The first-order valence-electron chi connectivity index (χ1n) is 8.10. The molecule has 0 bridgehead atoms. The molecule has 1 aliphatic rings. The summed E-state index contributed by atoms with van der Waals surface area (Å²) in [6.07, 6.45) is 1.19. The zero-order valence-electron chi connectivity index (χ0n) is 14.0. The molecule has 1 heterocycles. The van der Waals surface area contributed by atoms with Crippen LogP contribution in [0.4, 0.5) is 0 Å². The van der Waals surface area contributed by atoms with Crippen LogP contribution in [-0.4, -0.2) is 28.0 Å². The van der Waals surface area contributed by atoms with E-state index in [0.717, 1.165) is 17.0 Å². The van der Waals surface area contributed by atoms with Crippen LogP contribution in [0.25, 0.3) is 0 Å². The van der Waals surface area contributed by atoms with Crippen LogP contribution in [0.5, 0.6) is 0 Å². The lowest BCUT2D eigenvalue weighted by Crippen LogP contribution is -2.37. The van der Waals surface area contributed by atoms with Crippen molar-refractivity contribution in [3.8, 4) is 0 Å². The highest BCUT2D eigenvalue weighted by Gasteiger charge is 2.32. The summed E-state index contributed by atoms with van der Waals surface area (Å²) in [4.78, 5) is 0. The SMILES string of the molecule is CCCNC(c1ccc(C)cc1C)C1CSC(C)C(C)S1. The number of rotatable bonds is 5. The highest BCUT2D eigenvalue weighted by molar-refractivity contribution is 8.07. The van der Waals surface area contributed by atoms with E-state index in [0.29, 0.717) is 11.3 Å². The molecule has 0 radical (unpaired) electrons. The molecule has 0 spiro atoms. The maximum Gasteiger partial charge on any atom is 0.0451 e. The first-order valence-corrected chi connectivity index (χ1v) is 10.1. The Balaban J connectivity index is 2.21. The highest BCUT2D eigenvalue weighted by atomic mass is 32.2. The molecule has 0 amide bonds. The van der Waals surface area contributed by atoms with Crippen LogP contribution >= 0.6 is 23.5 Å². The molecule has 1 aliphatic heterocycles. The first-order chi connectivity index (χ1) is 10.0. The van der Waals surface area contributed by atoms with Gasteiger partial charge in [0, 0.05) is 27.5 Å².